The summed E-state index contributed by atoms with van der Waals surface area (Å²) in [6, 6.07) is 5.63. The lowest BCUT2D eigenvalue weighted by Crippen LogP contribution is -2.10. The molecule has 0 amide bonds. The van der Waals surface area contributed by atoms with Gasteiger partial charge >= 0.3 is 0 Å². The van der Waals surface area contributed by atoms with Crippen LogP contribution in [0.25, 0.3) is 0 Å². The van der Waals surface area contributed by atoms with Gasteiger partial charge in [0.05, 0.1) is 17.3 Å². The number of anilines is 2. The third kappa shape index (κ3) is 2.68. The fourth-order valence-corrected chi connectivity index (χ4v) is 2.03. The van der Waals surface area contributed by atoms with Gasteiger partial charge in [-0.25, -0.2) is 4.98 Å². The van der Waals surface area contributed by atoms with Gasteiger partial charge in [-0.15, -0.1) is 0 Å². The number of nitrogens with two attached hydrogens (primary N) is 1. The molecule has 0 aliphatic heterocycles. The van der Waals surface area contributed by atoms with Crippen LogP contribution in [0.2, 0.25) is 0 Å². The zero-order chi connectivity index (χ0) is 14.0. The summed E-state index contributed by atoms with van der Waals surface area (Å²) in [6.45, 7) is 5.85. The number of nitrogen functional groups attached to an aromatic ring is 1. The first-order valence-electron chi connectivity index (χ1n) is 6.00. The Morgan fingerprint density at radius 3 is 2.68 bits per heavy atom. The maximum absolute atomic E-state index is 8.77. The summed E-state index contributed by atoms with van der Waals surface area (Å²) in [5.74, 6) is 2.33. The van der Waals surface area contributed by atoms with Crippen molar-refractivity contribution in [2.75, 3.05) is 11.1 Å². The Labute approximate surface area is 112 Å². The van der Waals surface area contributed by atoms with E-state index in [9.17, 15) is 0 Å². The van der Waals surface area contributed by atoms with Crippen LogP contribution >= 0.6 is 0 Å². The van der Waals surface area contributed by atoms with Crippen molar-refractivity contribution in [3.63, 3.8) is 0 Å². The molecule has 1 unspecified atom stereocenters. The molecule has 2 rings (SSSR count). The van der Waals surface area contributed by atoms with E-state index < -0.39 is 0 Å². The highest BCUT2D eigenvalue weighted by atomic mass is 16.3. The Hall–Kier alpha value is -2.48. The van der Waals surface area contributed by atoms with Crippen molar-refractivity contribution < 1.29 is 4.42 Å². The van der Waals surface area contributed by atoms with Crippen LogP contribution in [-0.4, -0.2) is 4.98 Å². The van der Waals surface area contributed by atoms with Gasteiger partial charge < -0.3 is 15.5 Å². The zero-order valence-electron chi connectivity index (χ0n) is 11.2. The molecule has 2 aromatic rings. The van der Waals surface area contributed by atoms with Crippen LogP contribution in [0.4, 0.5) is 11.5 Å². The van der Waals surface area contributed by atoms with Gasteiger partial charge in [-0.3, -0.25) is 0 Å². The molecule has 0 saturated heterocycles. The van der Waals surface area contributed by atoms with Crippen LogP contribution in [0, 0.1) is 25.2 Å². The molecule has 0 aliphatic carbocycles. The average molecular weight is 256 g/mol. The van der Waals surface area contributed by atoms with E-state index >= 15 is 0 Å². The van der Waals surface area contributed by atoms with Gasteiger partial charge in [0, 0.05) is 11.8 Å². The molecule has 0 spiro atoms. The third-order valence-corrected chi connectivity index (χ3v) is 2.95. The standard InChI is InChI=1S/C14H16N4O/c1-8-4-12(10(3)19-8)9(2)18-14-13(16)5-11(6-15)7-17-14/h4-5,7,9H,16H2,1-3H3,(H,17,18). The van der Waals surface area contributed by atoms with E-state index in [-0.39, 0.29) is 6.04 Å². The molecular formula is C14H16N4O. The van der Waals surface area contributed by atoms with Crippen LogP contribution in [-0.2, 0) is 0 Å². The van der Waals surface area contributed by atoms with Crippen molar-refractivity contribution in [3.05, 3.63) is 41.0 Å². The van der Waals surface area contributed by atoms with E-state index in [1.54, 1.807) is 6.07 Å². The van der Waals surface area contributed by atoms with Gasteiger partial charge in [0.1, 0.15) is 23.4 Å². The van der Waals surface area contributed by atoms with Crippen molar-refractivity contribution in [1.29, 1.82) is 5.26 Å². The largest absolute Gasteiger partial charge is 0.466 e. The molecule has 5 nitrogen and oxygen atoms in total. The minimum Gasteiger partial charge on any atom is -0.466 e. The summed E-state index contributed by atoms with van der Waals surface area (Å²) in [6.07, 6.45) is 1.50. The molecule has 2 aromatic heterocycles. The number of aromatic nitrogens is 1. The maximum atomic E-state index is 8.77. The van der Waals surface area contributed by atoms with Crippen molar-refractivity contribution in [2.45, 2.75) is 26.8 Å². The smallest absolute Gasteiger partial charge is 0.149 e. The Kier molecular flexibility index (Phi) is 3.43. The second kappa shape index (κ2) is 5.02. The molecule has 0 aliphatic rings. The highest BCUT2D eigenvalue weighted by Gasteiger charge is 2.14. The number of hydrogen-bond donors (Lipinski definition) is 2. The minimum absolute atomic E-state index is 0.0279. The number of rotatable bonds is 3. The van der Waals surface area contributed by atoms with Gasteiger partial charge in [-0.2, -0.15) is 5.26 Å². The molecular weight excluding hydrogens is 240 g/mol. The SMILES string of the molecule is Cc1cc(C(C)Nc2ncc(C#N)cc2N)c(C)o1. The topological polar surface area (TPSA) is 87.9 Å². The number of hydrogen-bond acceptors (Lipinski definition) is 5. The number of nitrogens with zero attached hydrogens (tertiary/aromatic N) is 2. The maximum Gasteiger partial charge on any atom is 0.149 e. The first kappa shape index (κ1) is 13.0. The van der Waals surface area contributed by atoms with E-state index in [1.165, 1.54) is 6.20 Å². The van der Waals surface area contributed by atoms with E-state index in [4.69, 9.17) is 15.4 Å². The van der Waals surface area contributed by atoms with E-state index in [0.29, 0.717) is 17.1 Å². The minimum atomic E-state index is 0.0279. The Morgan fingerprint density at radius 2 is 2.16 bits per heavy atom. The van der Waals surface area contributed by atoms with Crippen molar-refractivity contribution in [3.8, 4) is 6.07 Å². The molecule has 0 bridgehead atoms. The predicted molar refractivity (Wildman–Crippen MR) is 73.6 cm³/mol. The summed E-state index contributed by atoms with van der Waals surface area (Å²) in [5.41, 5.74) is 7.85. The number of nitrogens with one attached hydrogen (secondary N) is 1. The lowest BCUT2D eigenvalue weighted by Gasteiger charge is -2.15. The highest BCUT2D eigenvalue weighted by Crippen LogP contribution is 2.26. The summed E-state index contributed by atoms with van der Waals surface area (Å²) in [5, 5.41) is 12.0. The molecule has 2 heterocycles. The van der Waals surface area contributed by atoms with Crippen LogP contribution in [0.1, 0.15) is 35.6 Å². The van der Waals surface area contributed by atoms with Crippen LogP contribution in [0.3, 0.4) is 0 Å². The molecule has 0 saturated carbocycles. The monoisotopic (exact) mass is 256 g/mol. The lowest BCUT2D eigenvalue weighted by molar-refractivity contribution is 0.500. The Balaban J connectivity index is 2.22. The van der Waals surface area contributed by atoms with Crippen LogP contribution in [0.15, 0.2) is 22.7 Å². The normalized spacial score (nSPS) is 11.9. The molecule has 19 heavy (non-hydrogen) atoms. The fraction of sp³-hybridized carbons (Fsp3) is 0.286. The van der Waals surface area contributed by atoms with Gasteiger partial charge in [0.2, 0.25) is 0 Å². The third-order valence-electron chi connectivity index (χ3n) is 2.95. The van der Waals surface area contributed by atoms with E-state index in [1.807, 2.05) is 32.9 Å². The molecule has 98 valence electrons. The Bertz CT molecular complexity index is 639. The van der Waals surface area contributed by atoms with Gasteiger partial charge in [0.15, 0.2) is 0 Å². The van der Waals surface area contributed by atoms with Crippen LogP contribution < -0.4 is 11.1 Å². The molecule has 3 N–H and O–H groups in total. The highest BCUT2D eigenvalue weighted by molar-refractivity contribution is 5.63. The number of furan rings is 1. The summed E-state index contributed by atoms with van der Waals surface area (Å²) in [4.78, 5) is 4.16. The predicted octanol–water partition coefficient (Wildman–Crippen LogP) is 2.92. The van der Waals surface area contributed by atoms with Crippen molar-refractivity contribution in [1.82, 2.24) is 4.98 Å². The van der Waals surface area contributed by atoms with Gasteiger partial charge in [-0.05, 0) is 32.9 Å². The molecule has 5 heteroatoms. The molecule has 0 radical (unpaired) electrons. The number of aryl methyl sites for hydroxylation is 2. The van der Waals surface area contributed by atoms with Crippen LogP contribution in [0.5, 0.6) is 0 Å². The number of nitriles is 1. The first-order chi connectivity index (χ1) is 9.01. The fourth-order valence-electron chi connectivity index (χ4n) is 2.03. The van der Waals surface area contributed by atoms with Crippen molar-refractivity contribution in [2.24, 2.45) is 0 Å². The lowest BCUT2D eigenvalue weighted by atomic mass is 10.1. The molecule has 0 aromatic carbocycles. The quantitative estimate of drug-likeness (QED) is 0.881. The molecule has 0 fully saturated rings. The first-order valence-corrected chi connectivity index (χ1v) is 6.00. The Morgan fingerprint density at radius 1 is 1.42 bits per heavy atom. The second-order valence-corrected chi connectivity index (χ2v) is 4.51. The second-order valence-electron chi connectivity index (χ2n) is 4.51. The summed E-state index contributed by atoms with van der Waals surface area (Å²) < 4.78 is 5.51. The van der Waals surface area contributed by atoms with E-state index in [0.717, 1.165) is 17.1 Å². The van der Waals surface area contributed by atoms with E-state index in [2.05, 4.69) is 10.3 Å². The summed E-state index contributed by atoms with van der Waals surface area (Å²) >= 11 is 0. The summed E-state index contributed by atoms with van der Waals surface area (Å²) in [7, 11) is 0. The van der Waals surface area contributed by atoms with Crippen molar-refractivity contribution >= 4 is 11.5 Å². The average Bonchev–Trinajstić information content (AvgIpc) is 2.71. The number of pyridine rings is 1. The zero-order valence-corrected chi connectivity index (χ0v) is 11.2. The van der Waals surface area contributed by atoms with Gasteiger partial charge in [0.25, 0.3) is 0 Å². The van der Waals surface area contributed by atoms with Gasteiger partial charge in [-0.1, -0.05) is 0 Å². The molecule has 1 atom stereocenters.